The van der Waals surface area contributed by atoms with Crippen LogP contribution >= 0.6 is 0 Å². The lowest BCUT2D eigenvalue weighted by Crippen LogP contribution is -2.45. The fraction of sp³-hybridized carbons (Fsp3) is 0.600. The van der Waals surface area contributed by atoms with Gasteiger partial charge in [-0.05, 0) is 6.42 Å². The highest BCUT2D eigenvalue weighted by atomic mass is 16.4. The van der Waals surface area contributed by atoms with Gasteiger partial charge >= 0.3 is 5.97 Å². The molecule has 0 spiro atoms. The van der Waals surface area contributed by atoms with Crippen LogP contribution in [-0.4, -0.2) is 23.0 Å². The van der Waals surface area contributed by atoms with Gasteiger partial charge in [-0.15, -0.1) is 0 Å². The average molecular weight is 161 g/mol. The number of nitrogens with one attached hydrogen (secondary N) is 1. The maximum Gasteiger partial charge on any atom is 0.303 e. The molecule has 6 N–H and O–H groups in total. The third kappa shape index (κ3) is 4.29. The standard InChI is InChI=1S/C5H11N3O3/c6-5(11)3(8-7)1-2-4(9)10/h3,8H,1-2,7H2,(H2,6,11)(H,9,10). The molecule has 0 aliphatic carbocycles. The largest absolute Gasteiger partial charge is 0.481 e. The average Bonchev–Trinajstić information content (AvgIpc) is 1.87. The maximum atomic E-state index is 10.4. The van der Waals surface area contributed by atoms with Gasteiger partial charge in [0, 0.05) is 6.42 Å². The second-order valence-electron chi connectivity index (χ2n) is 2.05. The minimum absolute atomic E-state index is 0.112. The lowest BCUT2D eigenvalue weighted by Gasteiger charge is -2.08. The molecule has 0 aliphatic heterocycles. The summed E-state index contributed by atoms with van der Waals surface area (Å²) in [6, 6.07) is -0.758. The van der Waals surface area contributed by atoms with E-state index in [2.05, 4.69) is 5.43 Å². The first kappa shape index (κ1) is 9.86. The van der Waals surface area contributed by atoms with E-state index in [9.17, 15) is 9.59 Å². The molecule has 0 fully saturated rings. The summed E-state index contributed by atoms with van der Waals surface area (Å²) in [5, 5.41) is 8.22. The molecule has 0 rings (SSSR count). The van der Waals surface area contributed by atoms with E-state index in [-0.39, 0.29) is 12.8 Å². The normalized spacial score (nSPS) is 12.5. The van der Waals surface area contributed by atoms with Gasteiger partial charge in [0.05, 0.1) is 0 Å². The number of carbonyl (C=O) groups is 2. The number of hydrogen-bond donors (Lipinski definition) is 4. The molecule has 0 aliphatic rings. The maximum absolute atomic E-state index is 10.4. The van der Waals surface area contributed by atoms with E-state index in [1.54, 1.807) is 0 Å². The van der Waals surface area contributed by atoms with Crippen molar-refractivity contribution in [3.05, 3.63) is 0 Å². The predicted molar refractivity (Wildman–Crippen MR) is 37.2 cm³/mol. The molecule has 0 aromatic carbocycles. The Balaban J connectivity index is 3.70. The van der Waals surface area contributed by atoms with Gasteiger partial charge < -0.3 is 10.8 Å². The Morgan fingerprint density at radius 3 is 2.36 bits per heavy atom. The summed E-state index contributed by atoms with van der Waals surface area (Å²) in [7, 11) is 0. The Morgan fingerprint density at radius 1 is 1.55 bits per heavy atom. The lowest BCUT2D eigenvalue weighted by atomic mass is 10.1. The van der Waals surface area contributed by atoms with Crippen LogP contribution in [0.3, 0.4) is 0 Å². The smallest absolute Gasteiger partial charge is 0.303 e. The Hall–Kier alpha value is -1.14. The molecule has 1 atom stereocenters. The van der Waals surface area contributed by atoms with Crippen LogP contribution in [0.15, 0.2) is 0 Å². The number of hydrazine groups is 1. The van der Waals surface area contributed by atoms with Gasteiger partial charge in [0.25, 0.3) is 0 Å². The summed E-state index contributed by atoms with van der Waals surface area (Å²) in [6.07, 6.45) is -0.0149. The molecule has 1 amide bonds. The number of carbonyl (C=O) groups excluding carboxylic acids is 1. The molecule has 11 heavy (non-hydrogen) atoms. The zero-order chi connectivity index (χ0) is 8.85. The van der Waals surface area contributed by atoms with Crippen LogP contribution in [0.1, 0.15) is 12.8 Å². The second-order valence-corrected chi connectivity index (χ2v) is 2.05. The van der Waals surface area contributed by atoms with E-state index < -0.39 is 17.9 Å². The van der Waals surface area contributed by atoms with Gasteiger partial charge in [-0.1, -0.05) is 0 Å². The molecular formula is C5H11N3O3. The van der Waals surface area contributed by atoms with Crippen LogP contribution in [0.2, 0.25) is 0 Å². The van der Waals surface area contributed by atoms with E-state index in [1.807, 2.05) is 0 Å². The molecule has 1 unspecified atom stereocenters. The number of carboxylic acids is 1. The van der Waals surface area contributed by atoms with Crippen molar-refractivity contribution in [1.82, 2.24) is 5.43 Å². The van der Waals surface area contributed by atoms with Gasteiger partial charge in [0.1, 0.15) is 6.04 Å². The van der Waals surface area contributed by atoms with Gasteiger partial charge in [0.15, 0.2) is 0 Å². The van der Waals surface area contributed by atoms with E-state index in [1.165, 1.54) is 0 Å². The summed E-state index contributed by atoms with van der Waals surface area (Å²) in [6.45, 7) is 0. The minimum Gasteiger partial charge on any atom is -0.481 e. The van der Waals surface area contributed by atoms with Crippen LogP contribution < -0.4 is 17.0 Å². The SMILES string of the molecule is NNC(CCC(=O)O)C(N)=O. The molecule has 6 heteroatoms. The lowest BCUT2D eigenvalue weighted by molar-refractivity contribution is -0.137. The molecule has 6 nitrogen and oxygen atoms in total. The van der Waals surface area contributed by atoms with Gasteiger partial charge in [-0.3, -0.25) is 15.4 Å². The van der Waals surface area contributed by atoms with Crippen molar-refractivity contribution in [2.45, 2.75) is 18.9 Å². The number of aliphatic carboxylic acids is 1. The van der Waals surface area contributed by atoms with Crippen LogP contribution in [0.25, 0.3) is 0 Å². The molecular weight excluding hydrogens is 150 g/mol. The van der Waals surface area contributed by atoms with Crippen LogP contribution in [0.5, 0.6) is 0 Å². The molecule has 64 valence electrons. The summed E-state index contributed by atoms with van der Waals surface area (Å²) in [5.41, 5.74) is 6.98. The van der Waals surface area contributed by atoms with E-state index in [0.29, 0.717) is 0 Å². The highest BCUT2D eigenvalue weighted by molar-refractivity contribution is 5.80. The first-order chi connectivity index (χ1) is 5.07. The van der Waals surface area contributed by atoms with Crippen molar-refractivity contribution < 1.29 is 14.7 Å². The molecule has 0 aromatic rings. The van der Waals surface area contributed by atoms with Crippen molar-refractivity contribution in [1.29, 1.82) is 0 Å². The number of rotatable bonds is 5. The van der Waals surface area contributed by atoms with Crippen molar-refractivity contribution in [3.8, 4) is 0 Å². The molecule has 0 aromatic heterocycles. The summed E-state index contributed by atoms with van der Waals surface area (Å²) in [4.78, 5) is 20.5. The Bertz CT molecular complexity index is 159. The zero-order valence-electron chi connectivity index (χ0n) is 5.91. The highest BCUT2D eigenvalue weighted by Crippen LogP contribution is 1.94. The molecule has 0 saturated heterocycles. The van der Waals surface area contributed by atoms with Crippen molar-refractivity contribution in [2.75, 3.05) is 0 Å². The topological polar surface area (TPSA) is 118 Å². The quantitative estimate of drug-likeness (QED) is 0.279. The Labute approximate surface area is 63.5 Å². The highest BCUT2D eigenvalue weighted by Gasteiger charge is 2.13. The monoisotopic (exact) mass is 161 g/mol. The first-order valence-corrected chi connectivity index (χ1v) is 3.05. The zero-order valence-corrected chi connectivity index (χ0v) is 5.91. The molecule has 0 heterocycles. The van der Waals surface area contributed by atoms with Gasteiger partial charge in [-0.2, -0.15) is 0 Å². The number of carboxylic acid groups (broad SMARTS) is 1. The minimum atomic E-state index is -0.980. The van der Waals surface area contributed by atoms with E-state index in [4.69, 9.17) is 16.7 Å². The number of nitrogens with two attached hydrogens (primary N) is 2. The van der Waals surface area contributed by atoms with Gasteiger partial charge in [-0.25, -0.2) is 5.43 Å². The summed E-state index contributed by atoms with van der Waals surface area (Å²) >= 11 is 0. The number of amides is 1. The van der Waals surface area contributed by atoms with Crippen LogP contribution in [-0.2, 0) is 9.59 Å². The fourth-order valence-corrected chi connectivity index (χ4v) is 0.576. The molecule has 0 saturated carbocycles. The van der Waals surface area contributed by atoms with Crippen LogP contribution in [0, 0.1) is 0 Å². The summed E-state index contributed by atoms with van der Waals surface area (Å²) in [5.74, 6) is 3.29. The Kier molecular flexibility index (Phi) is 4.16. The fourth-order valence-electron chi connectivity index (χ4n) is 0.576. The van der Waals surface area contributed by atoms with Crippen molar-refractivity contribution >= 4 is 11.9 Å². The third-order valence-corrected chi connectivity index (χ3v) is 1.19. The number of hydrogen-bond acceptors (Lipinski definition) is 4. The van der Waals surface area contributed by atoms with E-state index in [0.717, 1.165) is 0 Å². The van der Waals surface area contributed by atoms with Crippen molar-refractivity contribution in [2.24, 2.45) is 11.6 Å². The third-order valence-electron chi connectivity index (χ3n) is 1.19. The second kappa shape index (κ2) is 4.64. The van der Waals surface area contributed by atoms with Crippen LogP contribution in [0.4, 0.5) is 0 Å². The number of primary amides is 1. The van der Waals surface area contributed by atoms with E-state index >= 15 is 0 Å². The molecule has 0 bridgehead atoms. The first-order valence-electron chi connectivity index (χ1n) is 3.05. The van der Waals surface area contributed by atoms with Gasteiger partial charge in [0.2, 0.25) is 5.91 Å². The Morgan fingerprint density at radius 2 is 2.09 bits per heavy atom. The van der Waals surface area contributed by atoms with Crippen molar-refractivity contribution in [3.63, 3.8) is 0 Å². The summed E-state index contributed by atoms with van der Waals surface area (Å²) < 4.78 is 0. The molecule has 0 radical (unpaired) electrons. The predicted octanol–water partition coefficient (Wildman–Crippen LogP) is -1.83.